The summed E-state index contributed by atoms with van der Waals surface area (Å²) in [6, 6.07) is 0.334. The van der Waals surface area contributed by atoms with Crippen LogP contribution in [0.1, 0.15) is 24.3 Å². The minimum atomic E-state index is 0.0643. The first-order chi connectivity index (χ1) is 9.49. The molecule has 6 nitrogen and oxygen atoms in total. The van der Waals surface area contributed by atoms with Gasteiger partial charge in [0, 0.05) is 40.3 Å². The van der Waals surface area contributed by atoms with Crippen LogP contribution in [0.25, 0.3) is 0 Å². The van der Waals surface area contributed by atoms with Crippen LogP contribution in [-0.2, 0) is 6.54 Å². The van der Waals surface area contributed by atoms with E-state index in [-0.39, 0.29) is 12.1 Å². The molecule has 1 aromatic heterocycles. The summed E-state index contributed by atoms with van der Waals surface area (Å²) in [5, 5.41) is 0. The highest BCUT2D eigenvalue weighted by Gasteiger charge is 2.27. The van der Waals surface area contributed by atoms with Crippen LogP contribution in [0.15, 0.2) is 10.8 Å². The minimum absolute atomic E-state index is 0.0643. The summed E-state index contributed by atoms with van der Waals surface area (Å²) >= 11 is 0. The number of nitrogens with zero attached hydrogens (tertiary/aromatic N) is 4. The molecule has 6 heteroatoms. The second-order valence-electron chi connectivity index (χ2n) is 5.67. The number of likely N-dealkylation sites (N-methyl/N-ethyl adjacent to an activating group) is 1. The zero-order chi connectivity index (χ0) is 14.7. The quantitative estimate of drug-likeness (QED) is 0.843. The van der Waals surface area contributed by atoms with Crippen molar-refractivity contribution in [3.63, 3.8) is 0 Å². The van der Waals surface area contributed by atoms with E-state index in [1.165, 1.54) is 6.39 Å². The minimum Gasteiger partial charge on any atom is -0.448 e. The van der Waals surface area contributed by atoms with Crippen LogP contribution >= 0.6 is 0 Å². The van der Waals surface area contributed by atoms with E-state index in [9.17, 15) is 4.79 Å². The van der Waals surface area contributed by atoms with Gasteiger partial charge in [0.05, 0.1) is 5.69 Å². The molecule has 0 aliphatic carbocycles. The first-order valence-electron chi connectivity index (χ1n) is 7.04. The lowest BCUT2D eigenvalue weighted by Crippen LogP contribution is -2.50. The Morgan fingerprint density at radius 1 is 1.50 bits per heavy atom. The van der Waals surface area contributed by atoms with Gasteiger partial charge in [0.2, 0.25) is 0 Å². The largest absolute Gasteiger partial charge is 0.448 e. The molecule has 0 spiro atoms. The third-order valence-electron chi connectivity index (χ3n) is 3.93. The Bertz CT molecular complexity index is 458. The lowest BCUT2D eigenvalue weighted by molar-refractivity contribution is 0.109. The molecule has 1 fully saturated rings. The van der Waals surface area contributed by atoms with E-state index in [0.29, 0.717) is 0 Å². The van der Waals surface area contributed by atoms with Gasteiger partial charge < -0.3 is 14.2 Å². The third kappa shape index (κ3) is 3.30. The monoisotopic (exact) mass is 280 g/mol. The number of amides is 2. The molecule has 1 atom stereocenters. The smallest absolute Gasteiger partial charge is 0.319 e. The number of rotatable bonds is 3. The van der Waals surface area contributed by atoms with E-state index in [4.69, 9.17) is 4.42 Å². The van der Waals surface area contributed by atoms with Gasteiger partial charge in [-0.1, -0.05) is 0 Å². The summed E-state index contributed by atoms with van der Waals surface area (Å²) in [4.78, 5) is 22.1. The van der Waals surface area contributed by atoms with Gasteiger partial charge in [-0.05, 0) is 26.3 Å². The Labute approximate surface area is 120 Å². The van der Waals surface area contributed by atoms with Gasteiger partial charge in [-0.3, -0.25) is 4.90 Å². The summed E-state index contributed by atoms with van der Waals surface area (Å²) in [6.07, 6.45) is 3.66. The average Bonchev–Trinajstić information content (AvgIpc) is 2.83. The van der Waals surface area contributed by atoms with E-state index in [1.54, 1.807) is 19.0 Å². The van der Waals surface area contributed by atoms with Crippen LogP contribution in [0, 0.1) is 6.92 Å². The molecule has 1 aliphatic heterocycles. The maximum Gasteiger partial charge on any atom is 0.319 e. The molecule has 2 heterocycles. The molecule has 0 bridgehead atoms. The predicted molar refractivity (Wildman–Crippen MR) is 76.4 cm³/mol. The standard InChI is InChI=1S/C14H24N4O2/c1-11-13(15-10-20-11)9-18-7-5-6-12(8-18)17(4)14(19)16(2)3/h10,12H,5-9H2,1-4H3. The molecule has 20 heavy (non-hydrogen) atoms. The van der Waals surface area contributed by atoms with Gasteiger partial charge in [0.15, 0.2) is 6.39 Å². The van der Waals surface area contributed by atoms with E-state index in [2.05, 4.69) is 9.88 Å². The molecule has 1 aliphatic rings. The maximum absolute atomic E-state index is 12.0. The number of aromatic nitrogens is 1. The van der Waals surface area contributed by atoms with E-state index < -0.39 is 0 Å². The van der Waals surface area contributed by atoms with Gasteiger partial charge >= 0.3 is 6.03 Å². The van der Waals surface area contributed by atoms with Gasteiger partial charge in [0.25, 0.3) is 0 Å². The maximum atomic E-state index is 12.0. The molecule has 2 amide bonds. The number of hydrogen-bond donors (Lipinski definition) is 0. The van der Waals surface area contributed by atoms with Gasteiger partial charge in [-0.2, -0.15) is 0 Å². The van der Waals surface area contributed by atoms with E-state index >= 15 is 0 Å². The van der Waals surface area contributed by atoms with Gasteiger partial charge in [-0.25, -0.2) is 9.78 Å². The van der Waals surface area contributed by atoms with Crippen molar-refractivity contribution in [3.8, 4) is 0 Å². The van der Waals surface area contributed by atoms with Gasteiger partial charge in [0.1, 0.15) is 5.76 Å². The predicted octanol–water partition coefficient (Wildman–Crippen LogP) is 1.56. The lowest BCUT2D eigenvalue weighted by Gasteiger charge is -2.38. The van der Waals surface area contributed by atoms with E-state index in [1.807, 2.05) is 18.9 Å². The summed E-state index contributed by atoms with van der Waals surface area (Å²) in [5.74, 6) is 0.879. The number of piperidine rings is 1. The number of carbonyl (C=O) groups is 1. The van der Waals surface area contributed by atoms with Crippen LogP contribution < -0.4 is 0 Å². The average molecular weight is 280 g/mol. The van der Waals surface area contributed by atoms with Crippen molar-refractivity contribution in [3.05, 3.63) is 17.8 Å². The first-order valence-corrected chi connectivity index (χ1v) is 7.04. The third-order valence-corrected chi connectivity index (χ3v) is 3.93. The number of carbonyl (C=O) groups excluding carboxylic acids is 1. The fraction of sp³-hybridized carbons (Fsp3) is 0.714. The Morgan fingerprint density at radius 3 is 2.85 bits per heavy atom. The Balaban J connectivity index is 1.95. The second-order valence-corrected chi connectivity index (χ2v) is 5.67. The van der Waals surface area contributed by atoms with Crippen molar-refractivity contribution < 1.29 is 9.21 Å². The van der Waals surface area contributed by atoms with E-state index in [0.717, 1.165) is 43.9 Å². The molecule has 1 unspecified atom stereocenters. The highest BCUT2D eigenvalue weighted by molar-refractivity contribution is 5.73. The summed E-state index contributed by atoms with van der Waals surface area (Å²) in [5.41, 5.74) is 0.993. The number of hydrogen-bond acceptors (Lipinski definition) is 4. The number of urea groups is 1. The van der Waals surface area contributed by atoms with Gasteiger partial charge in [-0.15, -0.1) is 0 Å². The normalized spacial score (nSPS) is 19.9. The summed E-state index contributed by atoms with van der Waals surface area (Å²) < 4.78 is 5.24. The molecular formula is C14H24N4O2. The molecule has 0 N–H and O–H groups in total. The molecule has 0 saturated carbocycles. The van der Waals surface area contributed by atoms with Crippen LogP contribution in [-0.4, -0.2) is 66.0 Å². The molecule has 0 aromatic carbocycles. The van der Waals surface area contributed by atoms with Crippen LogP contribution in [0.3, 0.4) is 0 Å². The van der Waals surface area contributed by atoms with Crippen molar-refractivity contribution >= 4 is 6.03 Å². The Morgan fingerprint density at radius 2 is 2.25 bits per heavy atom. The van der Waals surface area contributed by atoms with Crippen molar-refractivity contribution in [2.75, 3.05) is 34.2 Å². The Hall–Kier alpha value is -1.56. The Kier molecular flexibility index (Phi) is 4.65. The van der Waals surface area contributed by atoms with Crippen molar-refractivity contribution in [2.45, 2.75) is 32.4 Å². The van der Waals surface area contributed by atoms with Crippen LogP contribution in [0.2, 0.25) is 0 Å². The fourth-order valence-electron chi connectivity index (χ4n) is 2.65. The van der Waals surface area contributed by atoms with Crippen molar-refractivity contribution in [1.29, 1.82) is 0 Å². The fourth-order valence-corrected chi connectivity index (χ4v) is 2.65. The van der Waals surface area contributed by atoms with Crippen LogP contribution in [0.5, 0.6) is 0 Å². The van der Waals surface area contributed by atoms with Crippen molar-refractivity contribution in [2.24, 2.45) is 0 Å². The molecular weight excluding hydrogens is 256 g/mol. The summed E-state index contributed by atoms with van der Waals surface area (Å²) in [6.45, 7) is 4.67. The molecule has 112 valence electrons. The number of oxazole rings is 1. The summed E-state index contributed by atoms with van der Waals surface area (Å²) in [7, 11) is 5.47. The molecule has 1 aromatic rings. The topological polar surface area (TPSA) is 52.8 Å². The lowest BCUT2D eigenvalue weighted by atomic mass is 10.0. The number of aryl methyl sites for hydroxylation is 1. The molecule has 2 rings (SSSR count). The molecule has 0 radical (unpaired) electrons. The van der Waals surface area contributed by atoms with Crippen molar-refractivity contribution in [1.82, 2.24) is 19.7 Å². The van der Waals surface area contributed by atoms with Crippen LogP contribution in [0.4, 0.5) is 4.79 Å². The second kappa shape index (κ2) is 6.26. The highest BCUT2D eigenvalue weighted by atomic mass is 16.3. The number of likely N-dealkylation sites (tertiary alicyclic amines) is 1. The molecule has 1 saturated heterocycles. The zero-order valence-corrected chi connectivity index (χ0v) is 12.8. The highest BCUT2D eigenvalue weighted by Crippen LogP contribution is 2.18. The first kappa shape index (κ1) is 14.8. The SMILES string of the molecule is Cc1ocnc1CN1CCCC(N(C)C(=O)N(C)C)C1. The zero-order valence-electron chi connectivity index (χ0n) is 12.8.